The molecule has 1 aliphatic rings. The number of nitrogens with zero attached hydrogens (tertiary/aromatic N) is 1. The summed E-state index contributed by atoms with van der Waals surface area (Å²) in [5, 5.41) is 12.5. The summed E-state index contributed by atoms with van der Waals surface area (Å²) in [6.45, 7) is 6.56. The first-order valence-corrected chi connectivity index (χ1v) is 6.41. The second-order valence-corrected chi connectivity index (χ2v) is 5.14. The van der Waals surface area contributed by atoms with E-state index in [2.05, 4.69) is 41.5 Å². The van der Waals surface area contributed by atoms with E-state index in [4.69, 9.17) is 0 Å². The predicted molar refractivity (Wildman–Crippen MR) is 70.4 cm³/mol. The third-order valence-corrected chi connectivity index (χ3v) is 3.77. The highest BCUT2D eigenvalue weighted by Crippen LogP contribution is 2.31. The lowest BCUT2D eigenvalue weighted by molar-refractivity contribution is 0.454. The number of benzene rings is 1. The molecule has 0 spiro atoms. The average molecular weight is 229 g/mol. The van der Waals surface area contributed by atoms with Crippen molar-refractivity contribution in [3.63, 3.8) is 0 Å². The summed E-state index contributed by atoms with van der Waals surface area (Å²) >= 11 is 0. The highest BCUT2D eigenvalue weighted by Gasteiger charge is 2.20. The Labute approximate surface area is 102 Å². The summed E-state index contributed by atoms with van der Waals surface area (Å²) in [4.78, 5) is 0. The number of aromatic nitrogens is 2. The largest absolute Gasteiger partial charge is 0.317 e. The number of aromatic amines is 1. The summed E-state index contributed by atoms with van der Waals surface area (Å²) in [5.41, 5.74) is 5.11. The van der Waals surface area contributed by atoms with Crippen molar-refractivity contribution in [3.05, 3.63) is 29.0 Å². The van der Waals surface area contributed by atoms with Crippen molar-refractivity contribution >= 4 is 10.9 Å². The lowest BCUT2D eigenvalue weighted by Crippen LogP contribution is -2.26. The molecular weight excluding hydrogens is 210 g/mol. The van der Waals surface area contributed by atoms with Crippen LogP contribution in [0.15, 0.2) is 12.1 Å². The molecule has 90 valence electrons. The number of aryl methyl sites for hydroxylation is 2. The van der Waals surface area contributed by atoms with Gasteiger partial charge in [0.2, 0.25) is 0 Å². The molecule has 1 aliphatic heterocycles. The van der Waals surface area contributed by atoms with E-state index in [1.165, 1.54) is 35.0 Å². The lowest BCUT2D eigenvalue weighted by Gasteiger charge is -2.22. The van der Waals surface area contributed by atoms with E-state index < -0.39 is 0 Å². The summed E-state index contributed by atoms with van der Waals surface area (Å²) in [5.74, 6) is 0.641. The minimum absolute atomic E-state index is 0.641. The number of nitrogens with one attached hydrogen (secondary N) is 2. The van der Waals surface area contributed by atoms with Crippen LogP contribution < -0.4 is 5.32 Å². The van der Waals surface area contributed by atoms with E-state index >= 15 is 0 Å². The molecule has 3 rings (SSSR count). The Hall–Kier alpha value is -1.35. The second-order valence-electron chi connectivity index (χ2n) is 5.14. The van der Waals surface area contributed by atoms with Crippen molar-refractivity contribution in [3.8, 4) is 0 Å². The maximum atomic E-state index is 4.47. The summed E-state index contributed by atoms with van der Waals surface area (Å²) < 4.78 is 0. The van der Waals surface area contributed by atoms with Crippen molar-refractivity contribution in [1.29, 1.82) is 0 Å². The van der Waals surface area contributed by atoms with E-state index in [0.29, 0.717) is 5.92 Å². The van der Waals surface area contributed by atoms with Gasteiger partial charge in [0.1, 0.15) is 0 Å². The number of rotatable bonds is 1. The van der Waals surface area contributed by atoms with Crippen LogP contribution in [0.1, 0.15) is 35.6 Å². The number of fused-ring (bicyclic) bond motifs is 1. The molecule has 0 amide bonds. The van der Waals surface area contributed by atoms with Gasteiger partial charge in [-0.15, -0.1) is 0 Å². The first-order chi connectivity index (χ1) is 8.25. The van der Waals surface area contributed by atoms with Gasteiger partial charge in [0, 0.05) is 17.0 Å². The number of H-pyrrole nitrogens is 1. The van der Waals surface area contributed by atoms with E-state index in [9.17, 15) is 0 Å². The van der Waals surface area contributed by atoms with Gasteiger partial charge in [0.05, 0.1) is 5.52 Å². The van der Waals surface area contributed by atoms with Crippen molar-refractivity contribution in [1.82, 2.24) is 15.5 Å². The smallest absolute Gasteiger partial charge is 0.0929 e. The number of hydrogen-bond donors (Lipinski definition) is 2. The van der Waals surface area contributed by atoms with Gasteiger partial charge in [-0.2, -0.15) is 5.10 Å². The molecule has 2 aromatic rings. The van der Waals surface area contributed by atoms with Gasteiger partial charge in [-0.05, 0) is 57.0 Å². The Morgan fingerprint density at radius 1 is 1.18 bits per heavy atom. The van der Waals surface area contributed by atoms with Crippen LogP contribution in [0.5, 0.6) is 0 Å². The molecule has 17 heavy (non-hydrogen) atoms. The van der Waals surface area contributed by atoms with Crippen molar-refractivity contribution in [2.75, 3.05) is 13.1 Å². The molecule has 0 bridgehead atoms. The van der Waals surface area contributed by atoms with Crippen LogP contribution in [0.4, 0.5) is 0 Å². The van der Waals surface area contributed by atoms with Crippen LogP contribution in [0.3, 0.4) is 0 Å². The van der Waals surface area contributed by atoms with Crippen LogP contribution in [0.2, 0.25) is 0 Å². The molecule has 0 atom stereocenters. The molecule has 0 saturated carbocycles. The monoisotopic (exact) mass is 229 g/mol. The maximum Gasteiger partial charge on any atom is 0.0929 e. The van der Waals surface area contributed by atoms with Gasteiger partial charge in [-0.1, -0.05) is 6.07 Å². The SMILES string of the molecule is Cc1cc(C)c2c(C3CCNCC3)[nH]nc2c1. The average Bonchev–Trinajstić information content (AvgIpc) is 2.74. The molecular formula is C14H19N3. The molecule has 0 aliphatic carbocycles. The van der Waals surface area contributed by atoms with Gasteiger partial charge >= 0.3 is 0 Å². The van der Waals surface area contributed by atoms with Crippen LogP contribution in [0, 0.1) is 13.8 Å². The van der Waals surface area contributed by atoms with Crippen LogP contribution >= 0.6 is 0 Å². The molecule has 3 nitrogen and oxygen atoms in total. The lowest BCUT2D eigenvalue weighted by atomic mass is 9.91. The van der Waals surface area contributed by atoms with E-state index in [1.807, 2.05) is 0 Å². The Balaban J connectivity index is 2.10. The third kappa shape index (κ3) is 1.84. The summed E-state index contributed by atoms with van der Waals surface area (Å²) in [6.07, 6.45) is 2.43. The van der Waals surface area contributed by atoms with Crippen molar-refractivity contribution in [2.45, 2.75) is 32.6 Å². The third-order valence-electron chi connectivity index (χ3n) is 3.77. The summed E-state index contributed by atoms with van der Waals surface area (Å²) in [6, 6.07) is 4.42. The summed E-state index contributed by atoms with van der Waals surface area (Å²) in [7, 11) is 0. The van der Waals surface area contributed by atoms with Gasteiger partial charge in [0.15, 0.2) is 0 Å². The molecule has 3 heteroatoms. The van der Waals surface area contributed by atoms with Gasteiger partial charge < -0.3 is 5.32 Å². The Bertz CT molecular complexity index is 536. The van der Waals surface area contributed by atoms with Crippen LogP contribution in [-0.4, -0.2) is 23.3 Å². The standard InChI is InChI=1S/C14H19N3/c1-9-7-10(2)13-12(8-9)16-17-14(13)11-3-5-15-6-4-11/h7-8,11,15H,3-6H2,1-2H3,(H,16,17). The molecule has 1 aromatic carbocycles. The number of piperidine rings is 1. The Kier molecular flexibility index (Phi) is 2.63. The zero-order valence-corrected chi connectivity index (χ0v) is 10.5. The Morgan fingerprint density at radius 2 is 1.94 bits per heavy atom. The van der Waals surface area contributed by atoms with Gasteiger partial charge in [-0.25, -0.2) is 0 Å². The van der Waals surface area contributed by atoms with Gasteiger partial charge in [-0.3, -0.25) is 5.10 Å². The van der Waals surface area contributed by atoms with E-state index in [-0.39, 0.29) is 0 Å². The first-order valence-electron chi connectivity index (χ1n) is 6.41. The number of hydrogen-bond acceptors (Lipinski definition) is 2. The molecule has 1 fully saturated rings. The van der Waals surface area contributed by atoms with Crippen LogP contribution in [0.25, 0.3) is 10.9 Å². The molecule has 1 saturated heterocycles. The highest BCUT2D eigenvalue weighted by molar-refractivity contribution is 5.85. The molecule has 1 aromatic heterocycles. The zero-order chi connectivity index (χ0) is 11.8. The Morgan fingerprint density at radius 3 is 2.71 bits per heavy atom. The van der Waals surface area contributed by atoms with E-state index in [1.54, 1.807) is 0 Å². The normalized spacial score (nSPS) is 17.8. The second kappa shape index (κ2) is 4.15. The maximum absolute atomic E-state index is 4.47. The minimum Gasteiger partial charge on any atom is -0.317 e. The van der Waals surface area contributed by atoms with Crippen LogP contribution in [-0.2, 0) is 0 Å². The topological polar surface area (TPSA) is 40.7 Å². The van der Waals surface area contributed by atoms with Gasteiger partial charge in [0.25, 0.3) is 0 Å². The quantitative estimate of drug-likeness (QED) is 0.789. The minimum atomic E-state index is 0.641. The first kappa shape index (κ1) is 10.8. The molecule has 2 heterocycles. The molecule has 0 unspecified atom stereocenters. The van der Waals surface area contributed by atoms with E-state index in [0.717, 1.165) is 18.6 Å². The zero-order valence-electron chi connectivity index (χ0n) is 10.5. The fourth-order valence-corrected chi connectivity index (χ4v) is 2.97. The predicted octanol–water partition coefficient (Wildman–Crippen LogP) is 2.65. The fraction of sp³-hybridized carbons (Fsp3) is 0.500. The van der Waals surface area contributed by atoms with Crippen molar-refractivity contribution in [2.24, 2.45) is 0 Å². The molecule has 0 radical (unpaired) electrons. The van der Waals surface area contributed by atoms with Crippen molar-refractivity contribution < 1.29 is 0 Å². The fourth-order valence-electron chi connectivity index (χ4n) is 2.97. The highest BCUT2D eigenvalue weighted by atomic mass is 15.1. The molecule has 2 N–H and O–H groups in total.